The number of aliphatic carboxylic acids is 1. The summed E-state index contributed by atoms with van der Waals surface area (Å²) in [6.07, 6.45) is 4.24. The van der Waals surface area contributed by atoms with E-state index in [1.54, 1.807) is 0 Å². The Bertz CT molecular complexity index is 360. The number of carboxylic acid groups (broad SMARTS) is 1. The first-order valence-electron chi connectivity index (χ1n) is 5.63. The van der Waals surface area contributed by atoms with Crippen molar-refractivity contribution in [2.75, 3.05) is 0 Å². The van der Waals surface area contributed by atoms with Crippen LogP contribution in [0, 0.1) is 23.2 Å². The highest BCUT2D eigenvalue weighted by molar-refractivity contribution is 5.76. The maximum atomic E-state index is 11.3. The minimum Gasteiger partial charge on any atom is -0.481 e. The van der Waals surface area contributed by atoms with Crippen molar-refractivity contribution in [2.24, 2.45) is 23.2 Å². The number of hydrogen-bond donors (Lipinski definition) is 1. The highest BCUT2D eigenvalue weighted by Gasteiger charge is 2.57. The van der Waals surface area contributed by atoms with Crippen molar-refractivity contribution in [1.82, 2.24) is 0 Å². The third-order valence-electron chi connectivity index (χ3n) is 4.64. The topological polar surface area (TPSA) is 54.4 Å². The standard InChI is InChI=1S/C12H14O3/c13-6-10-8-1-7-2-9(10)5-12(3-7,4-8)11(14)15/h7-9H,1-5H2,(H,14,15). The highest BCUT2D eigenvalue weighted by atomic mass is 16.4. The monoisotopic (exact) mass is 206 g/mol. The Morgan fingerprint density at radius 2 is 1.87 bits per heavy atom. The molecule has 3 heteroatoms. The highest BCUT2D eigenvalue weighted by Crippen LogP contribution is 2.61. The van der Waals surface area contributed by atoms with Gasteiger partial charge < -0.3 is 5.11 Å². The third-order valence-corrected chi connectivity index (χ3v) is 4.64. The fourth-order valence-electron chi connectivity index (χ4n) is 4.22. The summed E-state index contributed by atoms with van der Waals surface area (Å²) in [6.45, 7) is 0. The zero-order valence-corrected chi connectivity index (χ0v) is 8.53. The molecule has 4 aliphatic rings. The van der Waals surface area contributed by atoms with E-state index in [1.807, 2.05) is 0 Å². The molecule has 4 fully saturated rings. The first-order valence-corrected chi connectivity index (χ1v) is 5.63. The first-order chi connectivity index (χ1) is 7.14. The zero-order valence-electron chi connectivity index (χ0n) is 8.53. The van der Waals surface area contributed by atoms with E-state index >= 15 is 0 Å². The number of carbonyl (C=O) groups excluding carboxylic acids is 1. The maximum Gasteiger partial charge on any atom is 0.309 e. The molecule has 0 radical (unpaired) electrons. The van der Waals surface area contributed by atoms with Crippen LogP contribution in [0.5, 0.6) is 0 Å². The van der Waals surface area contributed by atoms with Crippen LogP contribution in [0.2, 0.25) is 0 Å². The van der Waals surface area contributed by atoms with E-state index in [2.05, 4.69) is 5.94 Å². The Hall–Kier alpha value is -1.08. The maximum absolute atomic E-state index is 11.3. The lowest BCUT2D eigenvalue weighted by atomic mass is 9.48. The number of carbonyl (C=O) groups is 1. The molecule has 80 valence electrons. The van der Waals surface area contributed by atoms with Crippen LogP contribution in [0.15, 0.2) is 5.57 Å². The van der Waals surface area contributed by atoms with Gasteiger partial charge in [0.2, 0.25) is 0 Å². The summed E-state index contributed by atoms with van der Waals surface area (Å²) < 4.78 is 0. The summed E-state index contributed by atoms with van der Waals surface area (Å²) in [6, 6.07) is 0. The summed E-state index contributed by atoms with van der Waals surface area (Å²) >= 11 is 0. The molecule has 0 heterocycles. The Balaban J connectivity index is 2.03. The van der Waals surface area contributed by atoms with Crippen molar-refractivity contribution >= 4 is 11.9 Å². The molecule has 4 saturated carbocycles. The van der Waals surface area contributed by atoms with E-state index in [0.717, 1.165) is 24.8 Å². The number of allylic oxidation sites excluding steroid dienone is 1. The van der Waals surface area contributed by atoms with E-state index < -0.39 is 11.4 Å². The Labute approximate surface area is 88.2 Å². The van der Waals surface area contributed by atoms with Crippen molar-refractivity contribution in [2.45, 2.75) is 32.1 Å². The van der Waals surface area contributed by atoms with Gasteiger partial charge in [0.05, 0.1) is 5.41 Å². The molecule has 0 aromatic carbocycles. The van der Waals surface area contributed by atoms with Crippen molar-refractivity contribution in [1.29, 1.82) is 0 Å². The molecule has 0 spiro atoms. The van der Waals surface area contributed by atoms with Crippen molar-refractivity contribution < 1.29 is 14.7 Å². The normalized spacial score (nSPS) is 46.7. The predicted molar refractivity (Wildman–Crippen MR) is 52.8 cm³/mol. The Morgan fingerprint density at radius 3 is 2.33 bits per heavy atom. The largest absolute Gasteiger partial charge is 0.481 e. The van der Waals surface area contributed by atoms with Crippen LogP contribution < -0.4 is 0 Å². The molecule has 4 bridgehead atoms. The van der Waals surface area contributed by atoms with Gasteiger partial charge >= 0.3 is 5.97 Å². The lowest BCUT2D eigenvalue weighted by Gasteiger charge is -2.54. The molecule has 2 unspecified atom stereocenters. The third kappa shape index (κ3) is 1.07. The average molecular weight is 206 g/mol. The van der Waals surface area contributed by atoms with E-state index in [0.29, 0.717) is 18.8 Å². The van der Waals surface area contributed by atoms with Crippen LogP contribution in [-0.2, 0) is 9.59 Å². The molecule has 4 rings (SSSR count). The van der Waals surface area contributed by atoms with Gasteiger partial charge in [-0.25, -0.2) is 4.79 Å². The Morgan fingerprint density at radius 1 is 1.27 bits per heavy atom. The van der Waals surface area contributed by atoms with Gasteiger partial charge in [-0.05, 0) is 49.9 Å². The van der Waals surface area contributed by atoms with Crippen LogP contribution in [-0.4, -0.2) is 17.0 Å². The molecule has 1 N–H and O–H groups in total. The van der Waals surface area contributed by atoms with Crippen LogP contribution in [0.1, 0.15) is 32.1 Å². The smallest absolute Gasteiger partial charge is 0.309 e. The molecule has 3 nitrogen and oxygen atoms in total. The second-order valence-corrected chi connectivity index (χ2v) is 5.49. The first kappa shape index (κ1) is 9.17. The van der Waals surface area contributed by atoms with Gasteiger partial charge in [-0.2, -0.15) is 0 Å². The minimum absolute atomic E-state index is 0.227. The summed E-state index contributed by atoms with van der Waals surface area (Å²) in [7, 11) is 0. The Kier molecular flexibility index (Phi) is 1.67. The average Bonchev–Trinajstić information content (AvgIpc) is 2.16. The number of carboxylic acids is 1. The summed E-state index contributed by atoms with van der Waals surface area (Å²) in [5.74, 6) is 2.42. The lowest BCUT2D eigenvalue weighted by molar-refractivity contribution is -0.160. The number of hydrogen-bond acceptors (Lipinski definition) is 2. The van der Waals surface area contributed by atoms with Crippen LogP contribution in [0.25, 0.3) is 0 Å². The summed E-state index contributed by atoms with van der Waals surface area (Å²) in [4.78, 5) is 22.2. The van der Waals surface area contributed by atoms with Crippen LogP contribution in [0.3, 0.4) is 0 Å². The van der Waals surface area contributed by atoms with Crippen LogP contribution in [0.4, 0.5) is 0 Å². The van der Waals surface area contributed by atoms with E-state index in [-0.39, 0.29) is 11.8 Å². The van der Waals surface area contributed by atoms with E-state index in [4.69, 9.17) is 0 Å². The van der Waals surface area contributed by atoms with Gasteiger partial charge in [-0.1, -0.05) is 0 Å². The second kappa shape index (κ2) is 2.73. The summed E-state index contributed by atoms with van der Waals surface area (Å²) in [5, 5.41) is 9.33. The quantitative estimate of drug-likeness (QED) is 0.664. The molecule has 0 saturated heterocycles. The molecule has 2 atom stereocenters. The van der Waals surface area contributed by atoms with Gasteiger partial charge in [0.1, 0.15) is 5.94 Å². The number of rotatable bonds is 1. The minimum atomic E-state index is -0.646. The van der Waals surface area contributed by atoms with Crippen LogP contribution >= 0.6 is 0 Å². The van der Waals surface area contributed by atoms with Gasteiger partial charge in [0.25, 0.3) is 0 Å². The molecule has 4 aliphatic carbocycles. The molecular weight excluding hydrogens is 192 g/mol. The van der Waals surface area contributed by atoms with Crippen molar-refractivity contribution in [3.05, 3.63) is 5.57 Å². The van der Waals surface area contributed by atoms with Crippen molar-refractivity contribution in [3.63, 3.8) is 0 Å². The van der Waals surface area contributed by atoms with E-state index in [9.17, 15) is 14.7 Å². The van der Waals surface area contributed by atoms with E-state index in [1.165, 1.54) is 0 Å². The fourth-order valence-corrected chi connectivity index (χ4v) is 4.22. The molecule has 15 heavy (non-hydrogen) atoms. The molecule has 0 aromatic rings. The van der Waals surface area contributed by atoms with Gasteiger partial charge in [0.15, 0.2) is 0 Å². The van der Waals surface area contributed by atoms with Gasteiger partial charge in [-0.15, -0.1) is 0 Å². The predicted octanol–water partition coefficient (Wildman–Crippen LogP) is 1.66. The lowest BCUT2D eigenvalue weighted by Crippen LogP contribution is -2.51. The molecule has 0 amide bonds. The van der Waals surface area contributed by atoms with Crippen molar-refractivity contribution in [3.8, 4) is 0 Å². The van der Waals surface area contributed by atoms with Gasteiger partial charge in [-0.3, -0.25) is 4.79 Å². The second-order valence-electron chi connectivity index (χ2n) is 5.49. The summed E-state index contributed by atoms with van der Waals surface area (Å²) in [5.41, 5.74) is 0.388. The molecule has 0 aliphatic heterocycles. The molecule has 0 aromatic heterocycles. The zero-order chi connectivity index (χ0) is 10.6. The molecular formula is C12H14O3. The SMILES string of the molecule is O=C=C1C2CC3CC1CC(C(=O)O)(C3)C2. The van der Waals surface area contributed by atoms with Gasteiger partial charge in [0, 0.05) is 5.57 Å². The fraction of sp³-hybridized carbons (Fsp3) is 0.750.